The van der Waals surface area contributed by atoms with Crippen molar-refractivity contribution in [1.82, 2.24) is 4.90 Å². The number of nitrogens with one attached hydrogen (secondary N) is 1. The van der Waals surface area contributed by atoms with E-state index in [0.717, 1.165) is 0 Å². The average Bonchev–Trinajstić information content (AvgIpc) is 3.12. The summed E-state index contributed by atoms with van der Waals surface area (Å²) in [6.07, 6.45) is 0. The van der Waals surface area contributed by atoms with E-state index in [0.29, 0.717) is 41.2 Å². The van der Waals surface area contributed by atoms with Gasteiger partial charge < -0.3 is 24.1 Å². The van der Waals surface area contributed by atoms with Gasteiger partial charge in [-0.2, -0.15) is 0 Å². The lowest BCUT2D eigenvalue weighted by molar-refractivity contribution is 0.0745. The zero-order valence-corrected chi connectivity index (χ0v) is 16.9. The topological polar surface area (TPSA) is 81.0 Å². The van der Waals surface area contributed by atoms with Crippen LogP contribution in [0.25, 0.3) is 11.0 Å². The lowest BCUT2D eigenvalue weighted by atomic mass is 10.1. The van der Waals surface area contributed by atoms with Crippen LogP contribution in [-0.2, 0) is 0 Å². The molecule has 152 valence electrons. The first-order valence-electron chi connectivity index (χ1n) is 9.38. The molecule has 29 heavy (non-hydrogen) atoms. The van der Waals surface area contributed by atoms with Crippen LogP contribution < -0.4 is 14.8 Å². The third-order valence-electron chi connectivity index (χ3n) is 4.73. The third kappa shape index (κ3) is 3.76. The van der Waals surface area contributed by atoms with Gasteiger partial charge in [-0.25, -0.2) is 0 Å². The van der Waals surface area contributed by atoms with Crippen LogP contribution in [0.15, 0.2) is 46.9 Å². The molecule has 0 radical (unpaired) electrons. The molecule has 3 aromatic rings. The fourth-order valence-electron chi connectivity index (χ4n) is 3.23. The van der Waals surface area contributed by atoms with Crippen molar-refractivity contribution in [2.24, 2.45) is 0 Å². The molecule has 3 rings (SSSR count). The molecule has 0 unspecified atom stereocenters. The lowest BCUT2D eigenvalue weighted by Crippen LogP contribution is -2.31. The summed E-state index contributed by atoms with van der Waals surface area (Å²) in [6.45, 7) is 4.84. The van der Waals surface area contributed by atoms with E-state index in [1.165, 1.54) is 14.2 Å². The highest BCUT2D eigenvalue weighted by Gasteiger charge is 2.27. The second-order valence-electron chi connectivity index (χ2n) is 6.27. The van der Waals surface area contributed by atoms with Crippen molar-refractivity contribution in [2.45, 2.75) is 13.8 Å². The van der Waals surface area contributed by atoms with Gasteiger partial charge in [0.05, 0.1) is 14.2 Å². The Kier molecular flexibility index (Phi) is 6.07. The van der Waals surface area contributed by atoms with Crippen LogP contribution in [0, 0.1) is 0 Å². The van der Waals surface area contributed by atoms with Gasteiger partial charge in [-0.3, -0.25) is 9.59 Å². The quantitative estimate of drug-likeness (QED) is 0.648. The highest BCUT2D eigenvalue weighted by atomic mass is 16.5. The Hall–Kier alpha value is -3.48. The number of rotatable bonds is 7. The van der Waals surface area contributed by atoms with Gasteiger partial charge in [0.1, 0.15) is 28.3 Å². The van der Waals surface area contributed by atoms with E-state index < -0.39 is 5.91 Å². The fraction of sp³-hybridized carbons (Fsp3) is 0.273. The van der Waals surface area contributed by atoms with Gasteiger partial charge in [-0.05, 0) is 38.1 Å². The number of fused-ring (bicyclic) bond motifs is 1. The van der Waals surface area contributed by atoms with E-state index >= 15 is 0 Å². The Morgan fingerprint density at radius 1 is 0.966 bits per heavy atom. The molecular formula is C22H24N2O5. The molecule has 0 aliphatic rings. The predicted octanol–water partition coefficient (Wildman–Crippen LogP) is 4.18. The molecule has 1 heterocycles. The van der Waals surface area contributed by atoms with Gasteiger partial charge in [0.25, 0.3) is 11.8 Å². The van der Waals surface area contributed by atoms with Gasteiger partial charge in [-0.15, -0.1) is 0 Å². The monoisotopic (exact) mass is 396 g/mol. The summed E-state index contributed by atoms with van der Waals surface area (Å²) in [5.41, 5.74) is 1.09. The fourth-order valence-corrected chi connectivity index (χ4v) is 3.23. The molecule has 2 amide bonds. The van der Waals surface area contributed by atoms with Crippen molar-refractivity contribution >= 4 is 28.5 Å². The summed E-state index contributed by atoms with van der Waals surface area (Å²) in [7, 11) is 2.96. The summed E-state index contributed by atoms with van der Waals surface area (Å²) in [5.74, 6) is 0.0857. The molecule has 7 nitrogen and oxygen atoms in total. The first-order valence-corrected chi connectivity index (χ1v) is 9.38. The summed E-state index contributed by atoms with van der Waals surface area (Å²) in [5, 5.41) is 3.49. The molecule has 0 saturated heterocycles. The number of furan rings is 1. The minimum atomic E-state index is -0.459. The number of carbonyl (C=O) groups is 2. The van der Waals surface area contributed by atoms with Crippen LogP contribution in [0.4, 0.5) is 5.69 Å². The van der Waals surface area contributed by atoms with Crippen LogP contribution >= 0.6 is 0 Å². The van der Waals surface area contributed by atoms with E-state index in [2.05, 4.69) is 5.32 Å². The second-order valence-corrected chi connectivity index (χ2v) is 6.27. The third-order valence-corrected chi connectivity index (χ3v) is 4.73. The Balaban J connectivity index is 2.10. The van der Waals surface area contributed by atoms with E-state index in [9.17, 15) is 9.59 Å². The summed E-state index contributed by atoms with van der Waals surface area (Å²) in [4.78, 5) is 27.8. The second kappa shape index (κ2) is 8.68. The largest absolute Gasteiger partial charge is 0.496 e. The predicted molar refractivity (Wildman–Crippen MR) is 111 cm³/mol. The summed E-state index contributed by atoms with van der Waals surface area (Å²) < 4.78 is 16.5. The van der Waals surface area contributed by atoms with Crippen molar-refractivity contribution < 1.29 is 23.5 Å². The molecule has 0 aliphatic carbocycles. The summed E-state index contributed by atoms with van der Waals surface area (Å²) >= 11 is 0. The Bertz CT molecular complexity index is 1010. The van der Waals surface area contributed by atoms with Gasteiger partial charge >= 0.3 is 0 Å². The smallest absolute Gasteiger partial charge is 0.291 e. The number of para-hydroxylation sites is 1. The Morgan fingerprint density at radius 3 is 2.17 bits per heavy atom. The number of anilines is 1. The van der Waals surface area contributed by atoms with E-state index in [1.807, 2.05) is 26.0 Å². The van der Waals surface area contributed by atoms with E-state index in [-0.39, 0.29) is 17.2 Å². The number of hydrogen-bond acceptors (Lipinski definition) is 5. The number of carbonyl (C=O) groups excluding carboxylic acids is 2. The molecule has 0 aliphatic heterocycles. The molecule has 0 saturated carbocycles. The van der Waals surface area contributed by atoms with Crippen LogP contribution in [-0.4, -0.2) is 44.0 Å². The molecule has 0 bridgehead atoms. The molecule has 2 aromatic carbocycles. The van der Waals surface area contributed by atoms with Crippen molar-refractivity contribution in [3.8, 4) is 11.5 Å². The highest BCUT2D eigenvalue weighted by molar-refractivity contribution is 6.16. The SMILES string of the molecule is CCN(CC)C(=O)c1oc2ccccc2c1NC(=O)c1c(OC)cccc1OC. The molecule has 1 N–H and O–H groups in total. The number of ether oxygens (including phenoxy) is 2. The number of benzene rings is 2. The lowest BCUT2D eigenvalue weighted by Gasteiger charge is -2.18. The number of hydrogen-bond donors (Lipinski definition) is 1. The van der Waals surface area contributed by atoms with Crippen LogP contribution in [0.2, 0.25) is 0 Å². The maximum absolute atomic E-state index is 13.2. The highest BCUT2D eigenvalue weighted by Crippen LogP contribution is 2.34. The first-order chi connectivity index (χ1) is 14.0. The van der Waals surface area contributed by atoms with Crippen LogP contribution in [0.5, 0.6) is 11.5 Å². The zero-order chi connectivity index (χ0) is 21.0. The molecule has 1 aromatic heterocycles. The van der Waals surface area contributed by atoms with Crippen molar-refractivity contribution in [1.29, 1.82) is 0 Å². The molecule has 0 fully saturated rings. The van der Waals surface area contributed by atoms with E-state index in [4.69, 9.17) is 13.9 Å². The average molecular weight is 396 g/mol. The standard InChI is InChI=1S/C22H24N2O5/c1-5-24(6-2)22(26)20-19(14-10-7-8-11-15(14)29-20)23-21(25)18-16(27-3)12-9-13-17(18)28-4/h7-13H,5-6H2,1-4H3,(H,23,25). The van der Waals surface area contributed by atoms with Gasteiger partial charge in [0, 0.05) is 18.5 Å². The van der Waals surface area contributed by atoms with Crippen molar-refractivity contribution in [3.05, 3.63) is 53.8 Å². The maximum Gasteiger partial charge on any atom is 0.291 e. The summed E-state index contributed by atoms with van der Waals surface area (Å²) in [6, 6.07) is 12.3. The zero-order valence-electron chi connectivity index (χ0n) is 16.9. The Labute approximate surface area is 169 Å². The minimum absolute atomic E-state index is 0.0946. The van der Waals surface area contributed by atoms with Crippen LogP contribution in [0.1, 0.15) is 34.8 Å². The van der Waals surface area contributed by atoms with Crippen LogP contribution in [0.3, 0.4) is 0 Å². The van der Waals surface area contributed by atoms with Gasteiger partial charge in [0.15, 0.2) is 0 Å². The number of methoxy groups -OCH3 is 2. The van der Waals surface area contributed by atoms with E-state index in [1.54, 1.807) is 35.2 Å². The Morgan fingerprint density at radius 2 is 1.59 bits per heavy atom. The maximum atomic E-state index is 13.2. The number of nitrogens with zero attached hydrogens (tertiary/aromatic N) is 1. The molecular weight excluding hydrogens is 372 g/mol. The first kappa shape index (κ1) is 20.3. The molecule has 0 atom stereocenters. The van der Waals surface area contributed by atoms with Crippen molar-refractivity contribution in [3.63, 3.8) is 0 Å². The molecule has 0 spiro atoms. The normalized spacial score (nSPS) is 10.6. The molecule has 7 heteroatoms. The van der Waals surface area contributed by atoms with Gasteiger partial charge in [0.2, 0.25) is 5.76 Å². The minimum Gasteiger partial charge on any atom is -0.496 e. The van der Waals surface area contributed by atoms with Gasteiger partial charge in [-0.1, -0.05) is 18.2 Å². The van der Waals surface area contributed by atoms with Crippen molar-refractivity contribution in [2.75, 3.05) is 32.6 Å². The number of amides is 2.